The number of amides is 1. The number of carbonyl (C=O) groups excluding carboxylic acids is 1. The fourth-order valence-corrected chi connectivity index (χ4v) is 3.41. The third kappa shape index (κ3) is 4.89. The van der Waals surface area contributed by atoms with Crippen LogP contribution in [0.5, 0.6) is 0 Å². The van der Waals surface area contributed by atoms with E-state index in [1.165, 1.54) is 11.3 Å². The van der Waals surface area contributed by atoms with Gasteiger partial charge in [-0.2, -0.15) is 0 Å². The van der Waals surface area contributed by atoms with Crippen LogP contribution in [0.15, 0.2) is 9.85 Å². The molecule has 2 atom stereocenters. The lowest BCUT2D eigenvalue weighted by atomic mass is 10.2. The Morgan fingerprint density at radius 3 is 2.76 bits per heavy atom. The molecule has 0 aliphatic carbocycles. The van der Waals surface area contributed by atoms with E-state index in [1.807, 2.05) is 19.9 Å². The fourth-order valence-electron chi connectivity index (χ4n) is 1.28. The molecular formula is C11H16BrNO2S2. The minimum Gasteiger partial charge on any atom is -0.349 e. The summed E-state index contributed by atoms with van der Waals surface area (Å²) in [5.41, 5.74) is 1.07. The van der Waals surface area contributed by atoms with Crippen LogP contribution in [0.2, 0.25) is 0 Å². The number of rotatable bonds is 5. The predicted octanol–water partition coefficient (Wildman–Crippen LogP) is 2.71. The minimum absolute atomic E-state index is 0.0487. The summed E-state index contributed by atoms with van der Waals surface area (Å²) in [6, 6.07) is 1.92. The summed E-state index contributed by atoms with van der Waals surface area (Å²) < 4.78 is 11.9. The molecule has 2 unspecified atom stereocenters. The third-order valence-corrected chi connectivity index (χ3v) is 5.24. The van der Waals surface area contributed by atoms with Crippen molar-refractivity contribution in [3.8, 4) is 0 Å². The Kier molecular flexibility index (Phi) is 5.82. The van der Waals surface area contributed by atoms with Gasteiger partial charge in [0, 0.05) is 28.9 Å². The molecule has 0 aliphatic rings. The summed E-state index contributed by atoms with van der Waals surface area (Å²) in [6.45, 7) is 3.89. The molecule has 0 aliphatic heterocycles. The first-order chi connectivity index (χ1) is 7.90. The van der Waals surface area contributed by atoms with Crippen LogP contribution in [0, 0.1) is 6.92 Å². The van der Waals surface area contributed by atoms with Gasteiger partial charge < -0.3 is 5.32 Å². The third-order valence-electron chi connectivity index (χ3n) is 2.30. The molecule has 1 rings (SSSR count). The number of hydrogen-bond donors (Lipinski definition) is 1. The average Bonchev–Trinajstić information content (AvgIpc) is 2.56. The van der Waals surface area contributed by atoms with Crippen LogP contribution >= 0.6 is 27.3 Å². The van der Waals surface area contributed by atoms with Crippen LogP contribution in [0.3, 0.4) is 0 Å². The molecule has 0 bridgehead atoms. The largest absolute Gasteiger partial charge is 0.349 e. The van der Waals surface area contributed by atoms with E-state index >= 15 is 0 Å². The molecule has 0 spiro atoms. The van der Waals surface area contributed by atoms with Crippen LogP contribution in [0.4, 0.5) is 0 Å². The molecule has 1 heterocycles. The van der Waals surface area contributed by atoms with E-state index in [-0.39, 0.29) is 11.9 Å². The molecular weight excluding hydrogens is 322 g/mol. The number of hydrogen-bond acceptors (Lipinski definition) is 3. The summed E-state index contributed by atoms with van der Waals surface area (Å²) >= 11 is 4.83. The van der Waals surface area contributed by atoms with E-state index in [2.05, 4.69) is 21.2 Å². The van der Waals surface area contributed by atoms with Gasteiger partial charge in [0.2, 0.25) is 0 Å². The van der Waals surface area contributed by atoms with Gasteiger partial charge in [-0.05, 0) is 47.8 Å². The van der Waals surface area contributed by atoms with E-state index in [0.717, 1.165) is 15.8 Å². The summed E-state index contributed by atoms with van der Waals surface area (Å²) in [5.74, 6) is 0.562. The molecule has 0 saturated heterocycles. The molecule has 0 aromatic carbocycles. The van der Waals surface area contributed by atoms with Crippen molar-refractivity contribution in [1.29, 1.82) is 0 Å². The van der Waals surface area contributed by atoms with Crippen molar-refractivity contribution in [2.24, 2.45) is 0 Å². The zero-order valence-corrected chi connectivity index (χ0v) is 13.3. The van der Waals surface area contributed by atoms with Crippen molar-refractivity contribution in [2.75, 3.05) is 12.0 Å². The Labute approximate surface area is 117 Å². The first kappa shape index (κ1) is 14.9. The normalized spacial score (nSPS) is 14.4. The minimum atomic E-state index is -0.801. The Balaban J connectivity index is 2.51. The van der Waals surface area contributed by atoms with E-state index in [1.54, 1.807) is 6.26 Å². The van der Waals surface area contributed by atoms with Crippen molar-refractivity contribution in [3.63, 3.8) is 0 Å². The van der Waals surface area contributed by atoms with Crippen molar-refractivity contribution >= 4 is 44.0 Å². The predicted molar refractivity (Wildman–Crippen MR) is 77.2 cm³/mol. The van der Waals surface area contributed by atoms with Crippen molar-refractivity contribution in [1.82, 2.24) is 5.32 Å². The summed E-state index contributed by atoms with van der Waals surface area (Å²) in [5, 5.41) is 2.91. The smallest absolute Gasteiger partial charge is 0.261 e. The second-order valence-electron chi connectivity index (χ2n) is 4.01. The second-order valence-corrected chi connectivity index (χ2v) is 7.93. The van der Waals surface area contributed by atoms with Crippen LogP contribution < -0.4 is 5.32 Å². The molecule has 1 aromatic heterocycles. The zero-order chi connectivity index (χ0) is 13.0. The van der Waals surface area contributed by atoms with Gasteiger partial charge in [-0.15, -0.1) is 11.3 Å². The molecule has 3 nitrogen and oxygen atoms in total. The topological polar surface area (TPSA) is 46.2 Å². The maximum Gasteiger partial charge on any atom is 0.261 e. The van der Waals surface area contributed by atoms with Gasteiger partial charge in [-0.3, -0.25) is 9.00 Å². The van der Waals surface area contributed by atoms with E-state index in [4.69, 9.17) is 0 Å². The highest BCUT2D eigenvalue weighted by molar-refractivity contribution is 9.11. The lowest BCUT2D eigenvalue weighted by Crippen LogP contribution is -2.33. The van der Waals surface area contributed by atoms with Crippen molar-refractivity contribution in [3.05, 3.63) is 20.3 Å². The van der Waals surface area contributed by atoms with Crippen molar-refractivity contribution in [2.45, 2.75) is 26.3 Å². The lowest BCUT2D eigenvalue weighted by Gasteiger charge is -2.11. The maximum absolute atomic E-state index is 11.9. The molecule has 6 heteroatoms. The Morgan fingerprint density at radius 1 is 1.65 bits per heavy atom. The van der Waals surface area contributed by atoms with Crippen LogP contribution in [0.1, 0.15) is 28.6 Å². The summed E-state index contributed by atoms with van der Waals surface area (Å²) in [6.07, 6.45) is 2.41. The number of thiophene rings is 1. The highest BCUT2D eigenvalue weighted by atomic mass is 79.9. The molecule has 1 aromatic rings. The second kappa shape index (κ2) is 6.66. The molecule has 1 amide bonds. The van der Waals surface area contributed by atoms with Crippen LogP contribution in [0.25, 0.3) is 0 Å². The maximum atomic E-state index is 11.9. The van der Waals surface area contributed by atoms with Gasteiger partial charge in [-0.1, -0.05) is 0 Å². The lowest BCUT2D eigenvalue weighted by molar-refractivity contribution is 0.0943. The number of aryl methyl sites for hydroxylation is 1. The quantitative estimate of drug-likeness (QED) is 0.897. The van der Waals surface area contributed by atoms with Gasteiger partial charge in [0.25, 0.3) is 5.91 Å². The molecule has 96 valence electrons. The van der Waals surface area contributed by atoms with Gasteiger partial charge in [0.15, 0.2) is 0 Å². The van der Waals surface area contributed by atoms with Crippen LogP contribution in [-0.2, 0) is 10.8 Å². The van der Waals surface area contributed by atoms with Gasteiger partial charge in [0.05, 0.1) is 8.66 Å². The molecule has 17 heavy (non-hydrogen) atoms. The SMILES string of the molecule is Cc1cc(C(=O)NC(C)CCS(C)=O)sc1Br. The number of nitrogens with one attached hydrogen (secondary N) is 1. The van der Waals surface area contributed by atoms with Crippen molar-refractivity contribution < 1.29 is 9.00 Å². The van der Waals surface area contributed by atoms with Gasteiger partial charge in [0.1, 0.15) is 0 Å². The molecule has 0 saturated carbocycles. The number of carbonyl (C=O) groups is 1. The highest BCUT2D eigenvalue weighted by Gasteiger charge is 2.13. The van der Waals surface area contributed by atoms with E-state index in [9.17, 15) is 9.00 Å². The van der Waals surface area contributed by atoms with Gasteiger partial charge >= 0.3 is 0 Å². The molecule has 0 radical (unpaired) electrons. The monoisotopic (exact) mass is 337 g/mol. The van der Waals surface area contributed by atoms with E-state index in [0.29, 0.717) is 10.6 Å². The summed E-state index contributed by atoms with van der Waals surface area (Å²) in [7, 11) is -0.801. The van der Waals surface area contributed by atoms with Gasteiger partial charge in [-0.25, -0.2) is 0 Å². The molecule has 1 N–H and O–H groups in total. The Morgan fingerprint density at radius 2 is 2.29 bits per heavy atom. The average molecular weight is 338 g/mol. The van der Waals surface area contributed by atoms with Crippen LogP contribution in [-0.4, -0.2) is 28.2 Å². The number of halogens is 1. The fraction of sp³-hybridized carbons (Fsp3) is 0.545. The van der Waals surface area contributed by atoms with E-state index < -0.39 is 10.8 Å². The highest BCUT2D eigenvalue weighted by Crippen LogP contribution is 2.27. The molecule has 0 fully saturated rings. The first-order valence-corrected chi connectivity index (χ1v) is 8.60. The summed E-state index contributed by atoms with van der Waals surface area (Å²) in [4.78, 5) is 12.6. The Hall–Kier alpha value is -0.200. The standard InChI is InChI=1S/C11H16BrNO2S2/c1-7-6-9(16-10(7)12)11(14)13-8(2)4-5-17(3)15/h6,8H,4-5H2,1-3H3,(H,13,14). The Bertz CT molecular complexity index is 412. The first-order valence-electron chi connectivity index (χ1n) is 5.27. The zero-order valence-electron chi connectivity index (χ0n) is 10.1.